The fourth-order valence-corrected chi connectivity index (χ4v) is 4.89. The molecule has 150 valence electrons. The number of benzene rings is 2. The van der Waals surface area contributed by atoms with Crippen LogP contribution >= 0.6 is 0 Å². The number of nitrogens with zero attached hydrogens (tertiary/aromatic N) is 1. The first-order valence-corrected chi connectivity index (χ1v) is 11.0. The van der Waals surface area contributed by atoms with Crippen molar-refractivity contribution in [2.24, 2.45) is 0 Å². The zero-order valence-corrected chi connectivity index (χ0v) is 17.0. The minimum Gasteiger partial charge on any atom is -0.497 e. The van der Waals surface area contributed by atoms with Crippen LogP contribution in [0.4, 0.5) is 0 Å². The molecule has 2 aromatic rings. The number of amides is 1. The molecular weight excluding hydrogens is 376 g/mol. The number of hydrogen-bond donors (Lipinski definition) is 1. The van der Waals surface area contributed by atoms with E-state index in [0.29, 0.717) is 24.2 Å². The molecule has 2 aromatic carbocycles. The van der Waals surface area contributed by atoms with Crippen molar-refractivity contribution in [2.75, 3.05) is 20.2 Å². The highest BCUT2D eigenvalue weighted by Gasteiger charge is 2.25. The van der Waals surface area contributed by atoms with Gasteiger partial charge in [0.2, 0.25) is 10.0 Å². The number of methoxy groups -OCH3 is 1. The summed E-state index contributed by atoms with van der Waals surface area (Å²) in [6, 6.07) is 14.1. The van der Waals surface area contributed by atoms with Crippen LogP contribution in [0.3, 0.4) is 0 Å². The van der Waals surface area contributed by atoms with Crippen molar-refractivity contribution < 1.29 is 17.9 Å². The van der Waals surface area contributed by atoms with Crippen molar-refractivity contribution in [3.63, 3.8) is 0 Å². The Kier molecular flexibility index (Phi) is 6.36. The molecule has 1 atom stereocenters. The molecule has 0 saturated carbocycles. The van der Waals surface area contributed by atoms with Crippen molar-refractivity contribution in [1.29, 1.82) is 0 Å². The molecule has 1 fully saturated rings. The highest BCUT2D eigenvalue weighted by Crippen LogP contribution is 2.19. The van der Waals surface area contributed by atoms with Crippen LogP contribution in [-0.4, -0.2) is 38.8 Å². The van der Waals surface area contributed by atoms with Crippen molar-refractivity contribution in [3.8, 4) is 5.75 Å². The zero-order valence-electron chi connectivity index (χ0n) is 16.2. The van der Waals surface area contributed by atoms with E-state index in [4.69, 9.17) is 4.74 Å². The summed E-state index contributed by atoms with van der Waals surface area (Å²) in [5, 5.41) is 2.96. The third kappa shape index (κ3) is 4.91. The highest BCUT2D eigenvalue weighted by atomic mass is 32.2. The summed E-state index contributed by atoms with van der Waals surface area (Å²) in [5.74, 6) is 0.538. The largest absolute Gasteiger partial charge is 0.497 e. The second-order valence-corrected chi connectivity index (χ2v) is 9.00. The van der Waals surface area contributed by atoms with Gasteiger partial charge in [-0.1, -0.05) is 24.3 Å². The maximum atomic E-state index is 12.5. The van der Waals surface area contributed by atoms with E-state index in [1.165, 1.54) is 0 Å². The number of carbonyl (C=O) groups excluding carboxylic acids is 1. The molecule has 6 nitrogen and oxygen atoms in total. The predicted octanol–water partition coefficient (Wildman–Crippen LogP) is 3.11. The molecule has 0 unspecified atom stereocenters. The molecule has 1 amide bonds. The molecule has 1 saturated heterocycles. The van der Waals surface area contributed by atoms with Crippen LogP contribution in [0.5, 0.6) is 5.75 Å². The van der Waals surface area contributed by atoms with Gasteiger partial charge in [-0.15, -0.1) is 0 Å². The Morgan fingerprint density at radius 3 is 2.25 bits per heavy atom. The van der Waals surface area contributed by atoms with Crippen LogP contribution in [0.2, 0.25) is 0 Å². The minimum absolute atomic E-state index is 0.0306. The summed E-state index contributed by atoms with van der Waals surface area (Å²) in [7, 11) is -1.67. The van der Waals surface area contributed by atoms with Gasteiger partial charge in [0.05, 0.1) is 18.9 Å². The Morgan fingerprint density at radius 2 is 1.68 bits per heavy atom. The fourth-order valence-electron chi connectivity index (χ4n) is 3.28. The van der Waals surface area contributed by atoms with Crippen LogP contribution < -0.4 is 10.1 Å². The van der Waals surface area contributed by atoms with E-state index in [1.54, 1.807) is 35.7 Å². The Labute approximate surface area is 166 Å². The zero-order chi connectivity index (χ0) is 20.1. The Hall–Kier alpha value is -2.38. The topological polar surface area (TPSA) is 75.7 Å². The number of ether oxygens (including phenoxy) is 1. The van der Waals surface area contributed by atoms with E-state index in [-0.39, 0.29) is 17.7 Å². The summed E-state index contributed by atoms with van der Waals surface area (Å²) in [6.07, 6.45) is 1.84. The first-order valence-electron chi connectivity index (χ1n) is 9.40. The number of hydrogen-bond acceptors (Lipinski definition) is 4. The third-order valence-electron chi connectivity index (χ3n) is 4.99. The normalized spacial score (nSPS) is 15.9. The number of nitrogens with one attached hydrogen (secondary N) is 1. The SMILES string of the molecule is COc1ccc([C@@H](C)NC(=O)c2ccc(CS(=O)(=O)N3CCCC3)cc2)cc1. The van der Waals surface area contributed by atoms with Gasteiger partial charge in [-0.2, -0.15) is 0 Å². The van der Waals surface area contributed by atoms with E-state index < -0.39 is 10.0 Å². The van der Waals surface area contributed by atoms with Gasteiger partial charge in [0.1, 0.15) is 5.75 Å². The monoisotopic (exact) mass is 402 g/mol. The van der Waals surface area contributed by atoms with Crippen LogP contribution in [0, 0.1) is 0 Å². The third-order valence-corrected chi connectivity index (χ3v) is 6.84. The van der Waals surface area contributed by atoms with Crippen LogP contribution in [0.15, 0.2) is 48.5 Å². The molecule has 0 radical (unpaired) electrons. The molecule has 0 aliphatic carbocycles. The van der Waals surface area contributed by atoms with Crippen molar-refractivity contribution in [1.82, 2.24) is 9.62 Å². The molecule has 0 bridgehead atoms. The van der Waals surface area contributed by atoms with Gasteiger partial charge in [0.15, 0.2) is 0 Å². The lowest BCUT2D eigenvalue weighted by atomic mass is 10.1. The average molecular weight is 403 g/mol. The average Bonchev–Trinajstić information content (AvgIpc) is 3.24. The van der Waals surface area contributed by atoms with Gasteiger partial charge in [-0.05, 0) is 55.2 Å². The molecule has 1 aliphatic heterocycles. The summed E-state index contributed by atoms with van der Waals surface area (Å²) >= 11 is 0. The van der Waals surface area contributed by atoms with Gasteiger partial charge in [0, 0.05) is 18.7 Å². The summed E-state index contributed by atoms with van der Waals surface area (Å²) in [6.45, 7) is 3.12. The van der Waals surface area contributed by atoms with Crippen LogP contribution in [0.1, 0.15) is 47.3 Å². The van der Waals surface area contributed by atoms with Crippen LogP contribution in [-0.2, 0) is 15.8 Å². The lowest BCUT2D eigenvalue weighted by Gasteiger charge is -2.16. The van der Waals surface area contributed by atoms with Crippen LogP contribution in [0.25, 0.3) is 0 Å². The smallest absolute Gasteiger partial charge is 0.251 e. The van der Waals surface area contributed by atoms with E-state index in [1.807, 2.05) is 31.2 Å². The van der Waals surface area contributed by atoms with Gasteiger partial charge >= 0.3 is 0 Å². The lowest BCUT2D eigenvalue weighted by Crippen LogP contribution is -2.29. The highest BCUT2D eigenvalue weighted by molar-refractivity contribution is 7.88. The molecule has 0 aromatic heterocycles. The fraction of sp³-hybridized carbons (Fsp3) is 0.381. The molecule has 1 N–H and O–H groups in total. The number of carbonyl (C=O) groups is 1. The minimum atomic E-state index is -3.28. The summed E-state index contributed by atoms with van der Waals surface area (Å²) < 4.78 is 31.5. The molecule has 3 rings (SSSR count). The Bertz CT molecular complexity index is 902. The number of rotatable bonds is 7. The van der Waals surface area contributed by atoms with Crippen molar-refractivity contribution in [3.05, 3.63) is 65.2 Å². The van der Waals surface area contributed by atoms with E-state index in [0.717, 1.165) is 24.2 Å². The molecular formula is C21H26N2O4S. The molecule has 0 spiro atoms. The first-order chi connectivity index (χ1) is 13.4. The Balaban J connectivity index is 1.61. The van der Waals surface area contributed by atoms with Gasteiger partial charge in [-0.3, -0.25) is 4.79 Å². The maximum Gasteiger partial charge on any atom is 0.251 e. The van der Waals surface area contributed by atoms with Crippen molar-refractivity contribution >= 4 is 15.9 Å². The first kappa shape index (κ1) is 20.4. The lowest BCUT2D eigenvalue weighted by molar-refractivity contribution is 0.0940. The van der Waals surface area contributed by atoms with Gasteiger partial charge < -0.3 is 10.1 Å². The molecule has 28 heavy (non-hydrogen) atoms. The molecule has 7 heteroatoms. The second-order valence-electron chi connectivity index (χ2n) is 7.03. The second kappa shape index (κ2) is 8.75. The predicted molar refractivity (Wildman–Crippen MR) is 109 cm³/mol. The molecule has 1 heterocycles. The molecule has 1 aliphatic rings. The maximum absolute atomic E-state index is 12.5. The number of sulfonamides is 1. The van der Waals surface area contributed by atoms with Gasteiger partial charge in [0.25, 0.3) is 5.91 Å². The van der Waals surface area contributed by atoms with E-state index >= 15 is 0 Å². The summed E-state index contributed by atoms with van der Waals surface area (Å²) in [5.41, 5.74) is 2.16. The quantitative estimate of drug-likeness (QED) is 0.772. The van der Waals surface area contributed by atoms with Crippen molar-refractivity contribution in [2.45, 2.75) is 31.6 Å². The van der Waals surface area contributed by atoms with E-state index in [2.05, 4.69) is 5.32 Å². The summed E-state index contributed by atoms with van der Waals surface area (Å²) in [4.78, 5) is 12.5. The van der Waals surface area contributed by atoms with E-state index in [9.17, 15) is 13.2 Å². The Morgan fingerprint density at radius 1 is 1.07 bits per heavy atom. The standard InChI is InChI=1S/C21H26N2O4S/c1-16(18-9-11-20(27-2)12-10-18)22-21(24)19-7-5-17(6-8-19)15-28(25,26)23-13-3-4-14-23/h5-12,16H,3-4,13-15H2,1-2H3,(H,22,24)/t16-/m1/s1. The van der Waals surface area contributed by atoms with Gasteiger partial charge in [-0.25, -0.2) is 12.7 Å².